The quantitative estimate of drug-likeness (QED) is 0.421. The van der Waals surface area contributed by atoms with Gasteiger partial charge in [0.15, 0.2) is 0 Å². The van der Waals surface area contributed by atoms with Gasteiger partial charge in [0, 0.05) is 12.0 Å². The number of amides is 2. The molecular weight excluding hydrogens is 444 g/mol. The molecule has 4 rings (SSSR count). The first kappa shape index (κ1) is 24.0. The molecule has 2 amide bonds. The number of carboxylic acids is 1. The molecule has 0 radical (unpaired) electrons. The van der Waals surface area contributed by atoms with Crippen LogP contribution in [-0.2, 0) is 14.3 Å². The number of alkyl carbamates (subject to hydrolysis) is 1. The van der Waals surface area contributed by atoms with Crippen LogP contribution in [0.4, 0.5) is 4.79 Å². The van der Waals surface area contributed by atoms with E-state index in [2.05, 4.69) is 22.8 Å². The molecule has 7 heteroatoms. The Labute approximate surface area is 204 Å². The standard InChI is InChI=1S/C28H28N2O5/c1-2-19(16-25(31)32)29-27(33)26(18-10-4-3-5-11-18)30-28(34)35-17-24-22-14-8-6-12-20(22)21-13-7-9-15-23(21)24/h3-15,19,24,26H,2,16-17H2,1H3,(H,29,33)(H,30,34)(H,31,32)/t19-,26+/m0/s1. The van der Waals surface area contributed by atoms with E-state index in [-0.39, 0.29) is 18.9 Å². The smallest absolute Gasteiger partial charge is 0.408 e. The van der Waals surface area contributed by atoms with Gasteiger partial charge >= 0.3 is 12.1 Å². The third-order valence-electron chi connectivity index (χ3n) is 6.26. The van der Waals surface area contributed by atoms with Crippen LogP contribution >= 0.6 is 0 Å². The summed E-state index contributed by atoms with van der Waals surface area (Å²) >= 11 is 0. The summed E-state index contributed by atoms with van der Waals surface area (Å²) in [5.74, 6) is -1.59. The van der Waals surface area contributed by atoms with Crippen molar-refractivity contribution in [1.29, 1.82) is 0 Å². The third kappa shape index (κ3) is 5.51. The maximum atomic E-state index is 13.0. The Kier molecular flexibility index (Phi) is 7.45. The van der Waals surface area contributed by atoms with Gasteiger partial charge in [0.05, 0.1) is 6.42 Å². The number of hydrogen-bond acceptors (Lipinski definition) is 4. The van der Waals surface area contributed by atoms with Crippen molar-refractivity contribution in [3.63, 3.8) is 0 Å². The summed E-state index contributed by atoms with van der Waals surface area (Å²) < 4.78 is 5.61. The summed E-state index contributed by atoms with van der Waals surface area (Å²) in [5.41, 5.74) is 5.02. The molecule has 3 aromatic rings. The molecule has 0 unspecified atom stereocenters. The predicted octanol–water partition coefficient (Wildman–Crippen LogP) is 4.64. The molecule has 7 nitrogen and oxygen atoms in total. The van der Waals surface area contributed by atoms with Gasteiger partial charge in [-0.3, -0.25) is 9.59 Å². The van der Waals surface area contributed by atoms with Crippen LogP contribution in [0.1, 0.15) is 48.4 Å². The van der Waals surface area contributed by atoms with Gasteiger partial charge in [-0.2, -0.15) is 0 Å². The largest absolute Gasteiger partial charge is 0.481 e. The zero-order chi connectivity index (χ0) is 24.8. The highest BCUT2D eigenvalue weighted by atomic mass is 16.5. The molecule has 0 aliphatic heterocycles. The van der Waals surface area contributed by atoms with Crippen LogP contribution in [0.15, 0.2) is 78.9 Å². The van der Waals surface area contributed by atoms with E-state index in [4.69, 9.17) is 9.84 Å². The van der Waals surface area contributed by atoms with Gasteiger partial charge in [-0.15, -0.1) is 0 Å². The van der Waals surface area contributed by atoms with Gasteiger partial charge < -0.3 is 20.5 Å². The molecule has 1 aliphatic rings. The lowest BCUT2D eigenvalue weighted by atomic mass is 9.98. The van der Waals surface area contributed by atoms with Crippen LogP contribution in [0.2, 0.25) is 0 Å². The Morgan fingerprint density at radius 2 is 1.43 bits per heavy atom. The first-order chi connectivity index (χ1) is 17.0. The van der Waals surface area contributed by atoms with Crippen molar-refractivity contribution in [1.82, 2.24) is 10.6 Å². The van der Waals surface area contributed by atoms with Crippen molar-refractivity contribution in [2.75, 3.05) is 6.61 Å². The number of nitrogens with one attached hydrogen (secondary N) is 2. The number of rotatable bonds is 9. The summed E-state index contributed by atoms with van der Waals surface area (Å²) in [4.78, 5) is 37.0. The Balaban J connectivity index is 1.47. The molecule has 3 aromatic carbocycles. The van der Waals surface area contributed by atoms with Crippen LogP contribution in [0.5, 0.6) is 0 Å². The zero-order valence-corrected chi connectivity index (χ0v) is 19.4. The van der Waals surface area contributed by atoms with Crippen molar-refractivity contribution >= 4 is 18.0 Å². The van der Waals surface area contributed by atoms with Crippen LogP contribution < -0.4 is 10.6 Å². The number of carbonyl (C=O) groups excluding carboxylic acids is 2. The second-order valence-corrected chi connectivity index (χ2v) is 8.53. The second-order valence-electron chi connectivity index (χ2n) is 8.53. The summed E-state index contributed by atoms with van der Waals surface area (Å²) in [7, 11) is 0. The summed E-state index contributed by atoms with van der Waals surface area (Å²) in [5, 5.41) is 14.5. The minimum Gasteiger partial charge on any atom is -0.481 e. The lowest BCUT2D eigenvalue weighted by Crippen LogP contribution is -2.45. The van der Waals surface area contributed by atoms with Crippen LogP contribution in [0.3, 0.4) is 0 Å². The fourth-order valence-electron chi connectivity index (χ4n) is 4.50. The van der Waals surface area contributed by atoms with Gasteiger partial charge in [0.25, 0.3) is 0 Å². The van der Waals surface area contributed by atoms with Gasteiger partial charge in [-0.05, 0) is 34.2 Å². The van der Waals surface area contributed by atoms with E-state index in [1.165, 1.54) is 0 Å². The lowest BCUT2D eigenvalue weighted by Gasteiger charge is -2.23. The molecular formula is C28H28N2O5. The van der Waals surface area contributed by atoms with E-state index in [1.54, 1.807) is 31.2 Å². The van der Waals surface area contributed by atoms with Gasteiger partial charge in [-0.25, -0.2) is 4.79 Å². The minimum atomic E-state index is -1.02. The minimum absolute atomic E-state index is 0.0998. The summed E-state index contributed by atoms with van der Waals surface area (Å²) in [6.07, 6.45) is -0.471. The van der Waals surface area contributed by atoms with E-state index >= 15 is 0 Å². The number of hydrogen-bond donors (Lipinski definition) is 3. The van der Waals surface area contributed by atoms with Gasteiger partial charge in [-0.1, -0.05) is 85.8 Å². The molecule has 0 aromatic heterocycles. The van der Waals surface area contributed by atoms with Crippen molar-refractivity contribution in [3.05, 3.63) is 95.6 Å². The molecule has 1 aliphatic carbocycles. The molecule has 0 saturated carbocycles. The average molecular weight is 473 g/mol. The van der Waals surface area contributed by atoms with Crippen molar-refractivity contribution in [2.45, 2.75) is 37.8 Å². The first-order valence-electron chi connectivity index (χ1n) is 11.7. The number of benzene rings is 3. The average Bonchev–Trinajstić information content (AvgIpc) is 3.19. The Morgan fingerprint density at radius 1 is 0.857 bits per heavy atom. The maximum Gasteiger partial charge on any atom is 0.408 e. The van der Waals surface area contributed by atoms with Crippen molar-refractivity contribution in [2.24, 2.45) is 0 Å². The predicted molar refractivity (Wildman–Crippen MR) is 132 cm³/mol. The van der Waals surface area contributed by atoms with Crippen LogP contribution in [0.25, 0.3) is 11.1 Å². The Hall–Kier alpha value is -4.13. The van der Waals surface area contributed by atoms with Crippen LogP contribution in [0, 0.1) is 0 Å². The van der Waals surface area contributed by atoms with Gasteiger partial charge in [0.2, 0.25) is 5.91 Å². The summed E-state index contributed by atoms with van der Waals surface area (Å²) in [6.45, 7) is 1.92. The number of ether oxygens (including phenoxy) is 1. The van der Waals surface area contributed by atoms with E-state index in [9.17, 15) is 14.4 Å². The van der Waals surface area contributed by atoms with Crippen LogP contribution in [-0.4, -0.2) is 35.7 Å². The maximum absolute atomic E-state index is 13.0. The van der Waals surface area contributed by atoms with Crippen molar-refractivity contribution < 1.29 is 24.2 Å². The lowest BCUT2D eigenvalue weighted by molar-refractivity contribution is -0.137. The van der Waals surface area contributed by atoms with Gasteiger partial charge in [0.1, 0.15) is 12.6 Å². The number of carbonyl (C=O) groups is 3. The van der Waals surface area contributed by atoms with E-state index in [0.29, 0.717) is 12.0 Å². The molecule has 35 heavy (non-hydrogen) atoms. The fraction of sp³-hybridized carbons (Fsp3) is 0.250. The highest BCUT2D eigenvalue weighted by Crippen LogP contribution is 2.44. The van der Waals surface area contributed by atoms with E-state index < -0.39 is 30.1 Å². The highest BCUT2D eigenvalue weighted by Gasteiger charge is 2.30. The normalized spacial score (nSPS) is 13.7. The van der Waals surface area contributed by atoms with E-state index in [0.717, 1.165) is 22.3 Å². The third-order valence-corrected chi connectivity index (χ3v) is 6.26. The molecule has 0 saturated heterocycles. The number of fused-ring (bicyclic) bond motifs is 3. The molecule has 0 fully saturated rings. The number of aliphatic carboxylic acids is 1. The molecule has 3 N–H and O–H groups in total. The summed E-state index contributed by atoms with van der Waals surface area (Å²) in [6, 6.07) is 23.3. The second kappa shape index (κ2) is 10.9. The monoisotopic (exact) mass is 472 g/mol. The first-order valence-corrected chi connectivity index (χ1v) is 11.7. The fourth-order valence-corrected chi connectivity index (χ4v) is 4.50. The zero-order valence-electron chi connectivity index (χ0n) is 19.4. The SMILES string of the molecule is CC[C@@H](CC(=O)O)NC(=O)[C@H](NC(=O)OCC1c2ccccc2-c2ccccc21)c1ccccc1. The molecule has 0 heterocycles. The Morgan fingerprint density at radius 3 is 2.00 bits per heavy atom. The molecule has 180 valence electrons. The van der Waals surface area contributed by atoms with E-state index in [1.807, 2.05) is 42.5 Å². The highest BCUT2D eigenvalue weighted by molar-refractivity contribution is 5.87. The molecule has 0 bridgehead atoms. The topological polar surface area (TPSA) is 105 Å². The van der Waals surface area contributed by atoms with Crippen molar-refractivity contribution in [3.8, 4) is 11.1 Å². The molecule has 0 spiro atoms. The number of carboxylic acid groups (broad SMARTS) is 1. The Bertz CT molecular complexity index is 1170. The molecule has 2 atom stereocenters.